The topological polar surface area (TPSA) is 51.2 Å². The highest BCUT2D eigenvalue weighted by atomic mass is 35.5. The van der Waals surface area contributed by atoms with Crippen molar-refractivity contribution < 1.29 is 9.53 Å². The van der Waals surface area contributed by atoms with Crippen LogP contribution < -0.4 is 10.1 Å². The number of rotatable bonds is 5. The van der Waals surface area contributed by atoms with E-state index in [9.17, 15) is 4.79 Å². The third-order valence-corrected chi connectivity index (χ3v) is 5.06. The molecule has 0 fully saturated rings. The van der Waals surface area contributed by atoms with Crippen LogP contribution in [0.2, 0.25) is 5.02 Å². The molecule has 0 unspecified atom stereocenters. The Morgan fingerprint density at radius 1 is 1.12 bits per heavy atom. The molecule has 1 aromatic heterocycles. The molecule has 26 heavy (non-hydrogen) atoms. The first-order valence-corrected chi connectivity index (χ1v) is 9.35. The SMILES string of the molecule is Cc1cccc(C)c1OCC(=O)Nc1nc(-c2ccc(Cl)cc2)c(C)s1. The Morgan fingerprint density at radius 2 is 1.77 bits per heavy atom. The molecule has 134 valence electrons. The number of hydrogen-bond donors (Lipinski definition) is 1. The Labute approximate surface area is 161 Å². The number of nitrogens with zero attached hydrogens (tertiary/aromatic N) is 1. The third kappa shape index (κ3) is 4.23. The predicted molar refractivity (Wildman–Crippen MR) is 107 cm³/mol. The lowest BCUT2D eigenvalue weighted by Gasteiger charge is -2.11. The first-order chi connectivity index (χ1) is 12.4. The van der Waals surface area contributed by atoms with Gasteiger partial charge in [-0.05, 0) is 44.0 Å². The van der Waals surface area contributed by atoms with E-state index in [1.807, 2.05) is 63.2 Å². The van der Waals surface area contributed by atoms with Gasteiger partial charge in [0.25, 0.3) is 5.91 Å². The number of nitrogens with one attached hydrogen (secondary N) is 1. The maximum absolute atomic E-state index is 12.2. The monoisotopic (exact) mass is 386 g/mol. The molecule has 1 N–H and O–H groups in total. The highest BCUT2D eigenvalue weighted by Crippen LogP contribution is 2.31. The van der Waals surface area contributed by atoms with Crippen LogP contribution in [0.3, 0.4) is 0 Å². The van der Waals surface area contributed by atoms with Crippen LogP contribution in [0.15, 0.2) is 42.5 Å². The van der Waals surface area contributed by atoms with E-state index in [1.54, 1.807) is 0 Å². The summed E-state index contributed by atoms with van der Waals surface area (Å²) in [6, 6.07) is 13.4. The van der Waals surface area contributed by atoms with Crippen molar-refractivity contribution in [3.8, 4) is 17.0 Å². The molecule has 0 radical (unpaired) electrons. The van der Waals surface area contributed by atoms with Crippen LogP contribution in [-0.2, 0) is 4.79 Å². The summed E-state index contributed by atoms with van der Waals surface area (Å²) in [5.74, 6) is 0.517. The first-order valence-electron chi connectivity index (χ1n) is 8.16. The highest BCUT2D eigenvalue weighted by Gasteiger charge is 2.13. The number of halogens is 1. The van der Waals surface area contributed by atoms with E-state index < -0.39 is 0 Å². The molecule has 3 aromatic rings. The molecule has 2 aromatic carbocycles. The van der Waals surface area contributed by atoms with Gasteiger partial charge in [0, 0.05) is 15.5 Å². The largest absolute Gasteiger partial charge is 0.483 e. The summed E-state index contributed by atoms with van der Waals surface area (Å²) < 4.78 is 5.69. The summed E-state index contributed by atoms with van der Waals surface area (Å²) in [6.45, 7) is 5.84. The van der Waals surface area contributed by atoms with Crippen molar-refractivity contribution in [3.05, 3.63) is 63.5 Å². The van der Waals surface area contributed by atoms with Crippen LogP contribution in [-0.4, -0.2) is 17.5 Å². The molecule has 3 rings (SSSR count). The summed E-state index contributed by atoms with van der Waals surface area (Å²) in [4.78, 5) is 17.8. The molecule has 0 spiro atoms. The van der Waals surface area contributed by atoms with Crippen LogP contribution in [0.4, 0.5) is 5.13 Å². The van der Waals surface area contributed by atoms with E-state index in [4.69, 9.17) is 16.3 Å². The fraction of sp³-hybridized carbons (Fsp3) is 0.200. The zero-order valence-corrected chi connectivity index (χ0v) is 16.4. The van der Waals surface area contributed by atoms with Gasteiger partial charge >= 0.3 is 0 Å². The van der Waals surface area contributed by atoms with Crippen molar-refractivity contribution in [1.29, 1.82) is 0 Å². The zero-order chi connectivity index (χ0) is 18.7. The second-order valence-electron chi connectivity index (χ2n) is 5.99. The zero-order valence-electron chi connectivity index (χ0n) is 14.8. The smallest absolute Gasteiger partial charge is 0.264 e. The number of hydrogen-bond acceptors (Lipinski definition) is 4. The normalized spacial score (nSPS) is 10.6. The summed E-state index contributed by atoms with van der Waals surface area (Å²) in [5, 5.41) is 4.05. The highest BCUT2D eigenvalue weighted by molar-refractivity contribution is 7.16. The fourth-order valence-electron chi connectivity index (χ4n) is 2.65. The van der Waals surface area contributed by atoms with Crippen molar-refractivity contribution in [3.63, 3.8) is 0 Å². The van der Waals surface area contributed by atoms with E-state index in [0.717, 1.165) is 33.0 Å². The number of thiazole rings is 1. The maximum Gasteiger partial charge on any atom is 0.264 e. The minimum atomic E-state index is -0.232. The summed E-state index contributed by atoms with van der Waals surface area (Å²) in [6.07, 6.45) is 0. The van der Waals surface area contributed by atoms with Crippen LogP contribution in [0.25, 0.3) is 11.3 Å². The molecule has 0 saturated heterocycles. The van der Waals surface area contributed by atoms with Crippen LogP contribution in [0.1, 0.15) is 16.0 Å². The molecule has 1 heterocycles. The van der Waals surface area contributed by atoms with E-state index >= 15 is 0 Å². The number of para-hydroxylation sites is 1. The van der Waals surface area contributed by atoms with Crippen molar-refractivity contribution in [2.45, 2.75) is 20.8 Å². The van der Waals surface area contributed by atoms with Gasteiger partial charge in [-0.25, -0.2) is 4.98 Å². The second-order valence-corrected chi connectivity index (χ2v) is 7.63. The number of carbonyl (C=O) groups excluding carboxylic acids is 1. The number of aryl methyl sites for hydroxylation is 3. The Kier molecular flexibility index (Phi) is 5.59. The number of aromatic nitrogens is 1. The van der Waals surface area contributed by atoms with Gasteiger partial charge in [-0.2, -0.15) is 0 Å². The molecular formula is C20H19ClN2O2S. The van der Waals surface area contributed by atoms with Crippen LogP contribution in [0.5, 0.6) is 5.75 Å². The molecule has 4 nitrogen and oxygen atoms in total. The van der Waals surface area contributed by atoms with Crippen molar-refractivity contribution in [2.75, 3.05) is 11.9 Å². The lowest BCUT2D eigenvalue weighted by Crippen LogP contribution is -2.20. The van der Waals surface area contributed by atoms with Gasteiger partial charge in [0.2, 0.25) is 0 Å². The minimum absolute atomic E-state index is 0.0550. The van der Waals surface area contributed by atoms with Gasteiger partial charge < -0.3 is 4.74 Å². The van der Waals surface area contributed by atoms with E-state index in [1.165, 1.54) is 11.3 Å². The Morgan fingerprint density at radius 3 is 2.42 bits per heavy atom. The number of anilines is 1. The molecule has 0 aliphatic carbocycles. The lowest BCUT2D eigenvalue weighted by molar-refractivity contribution is -0.118. The maximum atomic E-state index is 12.2. The minimum Gasteiger partial charge on any atom is -0.483 e. The molecule has 0 aliphatic rings. The summed E-state index contributed by atoms with van der Waals surface area (Å²) >= 11 is 7.37. The second kappa shape index (κ2) is 7.89. The van der Waals surface area contributed by atoms with Gasteiger partial charge in [0.05, 0.1) is 5.69 Å². The number of amides is 1. The quantitative estimate of drug-likeness (QED) is 0.638. The Balaban J connectivity index is 1.67. The first kappa shape index (κ1) is 18.4. The molecule has 0 saturated carbocycles. The van der Waals surface area contributed by atoms with Crippen molar-refractivity contribution in [1.82, 2.24) is 4.98 Å². The van der Waals surface area contributed by atoms with E-state index in [0.29, 0.717) is 10.2 Å². The third-order valence-electron chi connectivity index (χ3n) is 3.92. The summed E-state index contributed by atoms with van der Waals surface area (Å²) in [7, 11) is 0. The fourth-order valence-corrected chi connectivity index (χ4v) is 3.62. The van der Waals surface area contributed by atoms with Gasteiger partial charge in [0.1, 0.15) is 5.75 Å². The number of benzene rings is 2. The van der Waals surface area contributed by atoms with Gasteiger partial charge in [-0.15, -0.1) is 11.3 Å². The Hall–Kier alpha value is -2.37. The average Bonchev–Trinajstić information content (AvgIpc) is 2.95. The molecule has 0 aliphatic heterocycles. The predicted octanol–water partition coefficient (Wildman–Crippen LogP) is 5.41. The average molecular weight is 387 g/mol. The summed E-state index contributed by atoms with van der Waals surface area (Å²) in [5.41, 5.74) is 3.83. The van der Waals surface area contributed by atoms with Gasteiger partial charge in [-0.3, -0.25) is 10.1 Å². The van der Waals surface area contributed by atoms with E-state index in [2.05, 4.69) is 10.3 Å². The molecule has 1 amide bonds. The van der Waals surface area contributed by atoms with Gasteiger partial charge in [-0.1, -0.05) is 41.9 Å². The van der Waals surface area contributed by atoms with Crippen LogP contribution in [0, 0.1) is 20.8 Å². The van der Waals surface area contributed by atoms with Gasteiger partial charge in [0.15, 0.2) is 11.7 Å². The molecular weight excluding hydrogens is 368 g/mol. The molecule has 6 heteroatoms. The van der Waals surface area contributed by atoms with Crippen LogP contribution >= 0.6 is 22.9 Å². The van der Waals surface area contributed by atoms with E-state index in [-0.39, 0.29) is 12.5 Å². The van der Waals surface area contributed by atoms with Crippen molar-refractivity contribution in [2.24, 2.45) is 0 Å². The Bertz CT molecular complexity index is 915. The van der Waals surface area contributed by atoms with Crippen molar-refractivity contribution >= 4 is 34.0 Å². The number of ether oxygens (including phenoxy) is 1. The standard InChI is InChI=1S/C20H19ClN2O2S/c1-12-5-4-6-13(2)19(12)25-11-17(24)22-20-23-18(14(3)26-20)15-7-9-16(21)10-8-15/h4-10H,11H2,1-3H3,(H,22,23,24). The molecule has 0 atom stereocenters. The number of carbonyl (C=O) groups is 1. The molecule has 0 bridgehead atoms. The lowest BCUT2D eigenvalue weighted by atomic mass is 10.1.